The summed E-state index contributed by atoms with van der Waals surface area (Å²) in [6.07, 6.45) is 3.02. The van der Waals surface area contributed by atoms with Crippen LogP contribution in [0.3, 0.4) is 0 Å². The number of H-pyrrole nitrogens is 1. The van der Waals surface area contributed by atoms with E-state index < -0.39 is 11.5 Å². The minimum Gasteiger partial charge on any atom is -0.444 e. The van der Waals surface area contributed by atoms with Gasteiger partial charge in [-0.3, -0.25) is 4.79 Å². The van der Waals surface area contributed by atoms with Crippen molar-refractivity contribution >= 4 is 28.7 Å². The Morgan fingerprint density at radius 1 is 1.25 bits per heavy atom. The van der Waals surface area contributed by atoms with Crippen molar-refractivity contribution < 1.29 is 14.3 Å². The van der Waals surface area contributed by atoms with Gasteiger partial charge in [-0.1, -0.05) is 0 Å². The van der Waals surface area contributed by atoms with E-state index in [9.17, 15) is 9.59 Å². The molecule has 9 heteroatoms. The summed E-state index contributed by atoms with van der Waals surface area (Å²) >= 11 is 0. The number of fused-ring (bicyclic) bond motifs is 2. The van der Waals surface area contributed by atoms with Crippen LogP contribution < -0.4 is 11.2 Å². The minimum absolute atomic E-state index is 0.249. The van der Waals surface area contributed by atoms with Gasteiger partial charge in [0.25, 0.3) is 5.91 Å². The monoisotopic (exact) mass is 386 g/mol. The Balaban J connectivity index is 1.45. The first-order valence-electron chi connectivity index (χ1n) is 9.46. The summed E-state index contributed by atoms with van der Waals surface area (Å²) < 4.78 is 5.49. The lowest BCUT2D eigenvalue weighted by atomic mass is 10.0. The molecule has 4 N–H and O–H groups in total. The molecule has 4 rings (SSSR count). The first-order valence-corrected chi connectivity index (χ1v) is 9.46. The SMILES string of the molecule is CC(C)(C)OC(=O)N1CC2CN(Nc3c(C(N)=O)cnc4[nH]ccc34)CC2C1. The molecular weight excluding hydrogens is 360 g/mol. The van der Waals surface area contributed by atoms with Crippen molar-refractivity contribution in [3.63, 3.8) is 0 Å². The van der Waals surface area contributed by atoms with Crippen molar-refractivity contribution in [1.29, 1.82) is 0 Å². The smallest absolute Gasteiger partial charge is 0.410 e. The van der Waals surface area contributed by atoms with Crippen molar-refractivity contribution in [1.82, 2.24) is 19.9 Å². The Hall–Kier alpha value is -2.81. The average Bonchev–Trinajstić information content (AvgIpc) is 3.26. The van der Waals surface area contributed by atoms with E-state index >= 15 is 0 Å². The maximum absolute atomic E-state index is 12.3. The lowest BCUT2D eigenvalue weighted by Crippen LogP contribution is -2.38. The molecule has 2 atom stereocenters. The number of hydrogen-bond acceptors (Lipinski definition) is 6. The number of ether oxygens (including phenoxy) is 1. The molecule has 2 unspecified atom stereocenters. The number of carbonyl (C=O) groups is 2. The van der Waals surface area contributed by atoms with Crippen LogP contribution in [0.2, 0.25) is 0 Å². The number of carbonyl (C=O) groups excluding carboxylic acids is 2. The number of rotatable bonds is 3. The van der Waals surface area contributed by atoms with Crippen LogP contribution in [0.1, 0.15) is 31.1 Å². The van der Waals surface area contributed by atoms with E-state index in [2.05, 4.69) is 20.4 Å². The summed E-state index contributed by atoms with van der Waals surface area (Å²) in [6, 6.07) is 1.87. The number of anilines is 1. The van der Waals surface area contributed by atoms with Crippen molar-refractivity contribution in [2.24, 2.45) is 17.6 Å². The lowest BCUT2D eigenvalue weighted by molar-refractivity contribution is 0.0276. The number of pyridine rings is 1. The molecule has 2 fully saturated rings. The molecule has 2 saturated heterocycles. The highest BCUT2D eigenvalue weighted by Crippen LogP contribution is 2.33. The maximum Gasteiger partial charge on any atom is 0.410 e. The van der Waals surface area contributed by atoms with Crippen LogP contribution in [0.4, 0.5) is 10.5 Å². The molecule has 0 bridgehead atoms. The Kier molecular flexibility index (Phi) is 4.41. The third kappa shape index (κ3) is 3.49. The van der Waals surface area contributed by atoms with Gasteiger partial charge in [0.15, 0.2) is 0 Å². The number of nitrogens with two attached hydrogens (primary N) is 1. The topological polar surface area (TPSA) is 117 Å². The van der Waals surface area contributed by atoms with Gasteiger partial charge in [0, 0.05) is 44.0 Å². The van der Waals surface area contributed by atoms with Crippen LogP contribution in [0.15, 0.2) is 18.5 Å². The summed E-state index contributed by atoms with van der Waals surface area (Å²) in [7, 11) is 0. The van der Waals surface area contributed by atoms with E-state index in [-0.39, 0.29) is 6.09 Å². The van der Waals surface area contributed by atoms with E-state index in [1.165, 1.54) is 6.20 Å². The summed E-state index contributed by atoms with van der Waals surface area (Å²) in [5.41, 5.74) is 10.1. The van der Waals surface area contributed by atoms with E-state index in [1.807, 2.05) is 26.8 Å². The second-order valence-corrected chi connectivity index (χ2v) is 8.57. The Labute approximate surface area is 163 Å². The van der Waals surface area contributed by atoms with Gasteiger partial charge in [-0.15, -0.1) is 0 Å². The molecule has 2 aromatic heterocycles. The van der Waals surface area contributed by atoms with Gasteiger partial charge in [-0.2, -0.15) is 0 Å². The molecule has 150 valence electrons. The molecule has 9 nitrogen and oxygen atoms in total. The highest BCUT2D eigenvalue weighted by atomic mass is 16.6. The van der Waals surface area contributed by atoms with Crippen LogP contribution in [-0.2, 0) is 4.74 Å². The zero-order valence-corrected chi connectivity index (χ0v) is 16.4. The first-order chi connectivity index (χ1) is 13.2. The number of hydrogen-bond donors (Lipinski definition) is 3. The van der Waals surface area contributed by atoms with Gasteiger partial charge in [-0.25, -0.2) is 14.8 Å². The van der Waals surface area contributed by atoms with Crippen molar-refractivity contribution in [2.75, 3.05) is 31.6 Å². The normalized spacial score (nSPS) is 22.5. The number of amides is 2. The second kappa shape index (κ2) is 6.66. The van der Waals surface area contributed by atoms with Gasteiger partial charge >= 0.3 is 6.09 Å². The number of nitrogens with zero attached hydrogens (tertiary/aromatic N) is 3. The van der Waals surface area contributed by atoms with Crippen LogP contribution in [0, 0.1) is 11.8 Å². The summed E-state index contributed by atoms with van der Waals surface area (Å²) in [5, 5.41) is 2.92. The predicted octanol–water partition coefficient (Wildman–Crippen LogP) is 1.79. The van der Waals surface area contributed by atoms with E-state index in [4.69, 9.17) is 10.5 Å². The van der Waals surface area contributed by atoms with Crippen LogP contribution in [0.5, 0.6) is 0 Å². The Morgan fingerprint density at radius 3 is 2.54 bits per heavy atom. The van der Waals surface area contributed by atoms with Gasteiger partial charge in [-0.05, 0) is 38.7 Å². The Morgan fingerprint density at radius 2 is 1.93 bits per heavy atom. The fourth-order valence-corrected chi connectivity index (χ4v) is 4.03. The summed E-state index contributed by atoms with van der Waals surface area (Å²) in [5.74, 6) is 0.204. The molecule has 2 amide bonds. The summed E-state index contributed by atoms with van der Waals surface area (Å²) in [4.78, 5) is 33.2. The quantitative estimate of drug-likeness (QED) is 0.740. The third-order valence-electron chi connectivity index (χ3n) is 5.26. The minimum atomic E-state index is -0.520. The van der Waals surface area contributed by atoms with E-state index in [0.29, 0.717) is 41.8 Å². The maximum atomic E-state index is 12.3. The summed E-state index contributed by atoms with van der Waals surface area (Å²) in [6.45, 7) is 8.53. The second-order valence-electron chi connectivity index (χ2n) is 8.57. The zero-order valence-electron chi connectivity index (χ0n) is 16.4. The average molecular weight is 386 g/mol. The molecule has 0 radical (unpaired) electrons. The molecule has 4 heterocycles. The Bertz CT molecular complexity index is 904. The fourth-order valence-electron chi connectivity index (χ4n) is 4.03. The largest absolute Gasteiger partial charge is 0.444 e. The molecule has 0 saturated carbocycles. The number of primary amides is 1. The number of aromatic amines is 1. The van der Waals surface area contributed by atoms with Crippen molar-refractivity contribution in [3.05, 3.63) is 24.0 Å². The molecule has 0 aromatic carbocycles. The third-order valence-corrected chi connectivity index (χ3v) is 5.26. The lowest BCUT2D eigenvalue weighted by Gasteiger charge is -2.26. The van der Waals surface area contributed by atoms with E-state index in [1.54, 1.807) is 11.1 Å². The number of hydrazine groups is 1. The van der Waals surface area contributed by atoms with Crippen LogP contribution >= 0.6 is 0 Å². The van der Waals surface area contributed by atoms with Crippen LogP contribution in [-0.4, -0.2) is 63.7 Å². The molecular formula is C19H26N6O3. The highest BCUT2D eigenvalue weighted by Gasteiger charge is 2.43. The van der Waals surface area contributed by atoms with Crippen molar-refractivity contribution in [2.45, 2.75) is 26.4 Å². The van der Waals surface area contributed by atoms with Gasteiger partial charge in [0.1, 0.15) is 11.2 Å². The van der Waals surface area contributed by atoms with E-state index in [0.717, 1.165) is 18.5 Å². The van der Waals surface area contributed by atoms with Gasteiger partial charge in [0.2, 0.25) is 0 Å². The van der Waals surface area contributed by atoms with Gasteiger partial charge < -0.3 is 25.8 Å². The molecule has 0 aliphatic carbocycles. The highest BCUT2D eigenvalue weighted by molar-refractivity contribution is 6.05. The van der Waals surface area contributed by atoms with Crippen molar-refractivity contribution in [3.8, 4) is 0 Å². The van der Waals surface area contributed by atoms with Crippen LogP contribution in [0.25, 0.3) is 11.0 Å². The fraction of sp³-hybridized carbons (Fsp3) is 0.526. The first kappa shape index (κ1) is 18.5. The number of aromatic nitrogens is 2. The zero-order chi connectivity index (χ0) is 20.1. The standard InChI is InChI=1S/C19H26N6O3/c1-19(2,3)28-18(27)24-7-11-9-25(10-12(11)8-24)23-15-13-4-5-21-17(13)22-6-14(15)16(20)26/h4-6,11-12H,7-10H2,1-3H3,(H2,20,26)(H2,21,22,23). The molecule has 2 aliphatic heterocycles. The predicted molar refractivity (Wildman–Crippen MR) is 105 cm³/mol. The number of nitrogens with one attached hydrogen (secondary N) is 2. The molecule has 0 spiro atoms. The number of likely N-dealkylation sites (tertiary alicyclic amines) is 1. The molecule has 28 heavy (non-hydrogen) atoms. The van der Waals surface area contributed by atoms with Gasteiger partial charge in [0.05, 0.1) is 11.3 Å². The molecule has 2 aliphatic rings. The molecule has 2 aromatic rings.